The van der Waals surface area contributed by atoms with Crippen molar-refractivity contribution in [1.82, 2.24) is 10.3 Å². The van der Waals surface area contributed by atoms with Gasteiger partial charge in [0.1, 0.15) is 16.9 Å². The van der Waals surface area contributed by atoms with Gasteiger partial charge in [-0.2, -0.15) is 0 Å². The van der Waals surface area contributed by atoms with Crippen LogP contribution in [0.2, 0.25) is 5.15 Å². The van der Waals surface area contributed by atoms with E-state index in [-0.39, 0.29) is 29.3 Å². The second-order valence-corrected chi connectivity index (χ2v) is 5.00. The minimum absolute atomic E-state index is 0.00371. The lowest BCUT2D eigenvalue weighted by atomic mass is 10.0. The highest BCUT2D eigenvalue weighted by Crippen LogP contribution is 2.21. The van der Waals surface area contributed by atoms with E-state index in [9.17, 15) is 14.9 Å². The number of aliphatic hydroxyl groups excluding tert-OH is 1. The number of nitrogens with zero attached hydrogens (tertiary/aromatic N) is 2. The van der Waals surface area contributed by atoms with Crippen molar-refractivity contribution < 1.29 is 14.8 Å². The van der Waals surface area contributed by atoms with E-state index in [0.717, 1.165) is 12.3 Å². The fourth-order valence-electron chi connectivity index (χ4n) is 1.71. The molecule has 1 unspecified atom stereocenters. The van der Waals surface area contributed by atoms with Gasteiger partial charge < -0.3 is 10.4 Å². The predicted octanol–water partition coefficient (Wildman–Crippen LogP) is 1.78. The number of pyridine rings is 1. The maximum absolute atomic E-state index is 12.1. The van der Waals surface area contributed by atoms with E-state index in [1.54, 1.807) is 0 Å². The van der Waals surface area contributed by atoms with Crippen LogP contribution in [0, 0.1) is 16.0 Å². The molecule has 0 fully saturated rings. The molecule has 0 bridgehead atoms. The zero-order valence-electron chi connectivity index (χ0n) is 11.2. The molecule has 1 heterocycles. The second kappa shape index (κ2) is 7.16. The van der Waals surface area contributed by atoms with Crippen molar-refractivity contribution in [2.45, 2.75) is 26.3 Å². The van der Waals surface area contributed by atoms with Crippen molar-refractivity contribution in [2.24, 2.45) is 5.92 Å². The Morgan fingerprint density at radius 2 is 2.25 bits per heavy atom. The van der Waals surface area contributed by atoms with Crippen molar-refractivity contribution >= 4 is 23.2 Å². The minimum Gasteiger partial charge on any atom is -0.396 e. The van der Waals surface area contributed by atoms with Crippen molar-refractivity contribution in [3.63, 3.8) is 0 Å². The van der Waals surface area contributed by atoms with Crippen LogP contribution in [0.25, 0.3) is 0 Å². The molecule has 1 atom stereocenters. The SMILES string of the molecule is CC(C)C(CCO)NC(=O)c1cc(Cl)ncc1[N+](=O)[O-]. The quantitative estimate of drug-likeness (QED) is 0.473. The molecule has 2 N–H and O–H groups in total. The Morgan fingerprint density at radius 3 is 2.75 bits per heavy atom. The average molecular weight is 302 g/mol. The van der Waals surface area contributed by atoms with E-state index in [4.69, 9.17) is 16.7 Å². The normalized spacial score (nSPS) is 12.2. The van der Waals surface area contributed by atoms with Gasteiger partial charge in [-0.15, -0.1) is 0 Å². The van der Waals surface area contributed by atoms with Crippen LogP contribution in [0.3, 0.4) is 0 Å². The first-order valence-electron chi connectivity index (χ1n) is 6.08. The fourth-order valence-corrected chi connectivity index (χ4v) is 1.87. The molecular formula is C12H16ClN3O4. The standard InChI is InChI=1S/C12H16ClN3O4/c1-7(2)9(3-4-17)15-12(18)8-5-11(13)14-6-10(8)16(19)20/h5-7,9,17H,3-4H2,1-2H3,(H,15,18). The van der Waals surface area contributed by atoms with Crippen molar-refractivity contribution in [3.05, 3.63) is 33.1 Å². The zero-order valence-corrected chi connectivity index (χ0v) is 11.9. The number of hydrogen-bond donors (Lipinski definition) is 2. The average Bonchev–Trinajstić information content (AvgIpc) is 2.37. The monoisotopic (exact) mass is 301 g/mol. The molecule has 0 saturated heterocycles. The Labute approximate surface area is 121 Å². The van der Waals surface area contributed by atoms with Crippen LogP contribution in [0.4, 0.5) is 5.69 Å². The van der Waals surface area contributed by atoms with E-state index >= 15 is 0 Å². The first-order valence-corrected chi connectivity index (χ1v) is 6.46. The van der Waals surface area contributed by atoms with E-state index in [0.29, 0.717) is 6.42 Å². The number of nitrogens with one attached hydrogen (secondary N) is 1. The highest BCUT2D eigenvalue weighted by Gasteiger charge is 2.24. The van der Waals surface area contributed by atoms with Gasteiger partial charge in [0.05, 0.1) is 4.92 Å². The molecule has 1 rings (SSSR count). The molecule has 20 heavy (non-hydrogen) atoms. The van der Waals surface area contributed by atoms with Crippen molar-refractivity contribution in [2.75, 3.05) is 6.61 Å². The Kier molecular flexibility index (Phi) is 5.84. The highest BCUT2D eigenvalue weighted by atomic mass is 35.5. The summed E-state index contributed by atoms with van der Waals surface area (Å²) in [4.78, 5) is 25.9. The summed E-state index contributed by atoms with van der Waals surface area (Å²) in [6.07, 6.45) is 1.32. The van der Waals surface area contributed by atoms with Gasteiger partial charge in [-0.3, -0.25) is 14.9 Å². The van der Waals surface area contributed by atoms with Crippen LogP contribution in [-0.2, 0) is 0 Å². The van der Waals surface area contributed by atoms with E-state index in [2.05, 4.69) is 10.3 Å². The summed E-state index contributed by atoms with van der Waals surface area (Å²) >= 11 is 5.67. The summed E-state index contributed by atoms with van der Waals surface area (Å²) in [5.74, 6) is -0.518. The lowest BCUT2D eigenvalue weighted by Gasteiger charge is -2.21. The summed E-state index contributed by atoms with van der Waals surface area (Å²) in [5, 5.41) is 22.5. The number of carbonyl (C=O) groups excluding carboxylic acids is 1. The fraction of sp³-hybridized carbons (Fsp3) is 0.500. The first kappa shape index (κ1) is 16.3. The van der Waals surface area contributed by atoms with Crippen molar-refractivity contribution in [3.8, 4) is 0 Å². The van der Waals surface area contributed by atoms with Crippen LogP contribution in [0.15, 0.2) is 12.3 Å². The third-order valence-corrected chi connectivity index (χ3v) is 3.06. The van der Waals surface area contributed by atoms with Gasteiger partial charge >= 0.3 is 0 Å². The van der Waals surface area contributed by atoms with Gasteiger partial charge in [0, 0.05) is 12.6 Å². The van der Waals surface area contributed by atoms with Gasteiger partial charge in [0.15, 0.2) is 0 Å². The molecule has 0 aliphatic heterocycles. The third-order valence-electron chi connectivity index (χ3n) is 2.85. The molecule has 110 valence electrons. The van der Waals surface area contributed by atoms with E-state index in [1.165, 1.54) is 0 Å². The Hall–Kier alpha value is -1.73. The summed E-state index contributed by atoms with van der Waals surface area (Å²) in [7, 11) is 0. The van der Waals surface area contributed by atoms with Crippen molar-refractivity contribution in [1.29, 1.82) is 0 Å². The Bertz CT molecular complexity index is 507. The predicted molar refractivity (Wildman–Crippen MR) is 73.7 cm³/mol. The van der Waals surface area contributed by atoms with Crippen LogP contribution < -0.4 is 5.32 Å². The van der Waals surface area contributed by atoms with Gasteiger partial charge in [0.2, 0.25) is 0 Å². The lowest BCUT2D eigenvalue weighted by molar-refractivity contribution is -0.385. The molecule has 1 aromatic heterocycles. The van der Waals surface area contributed by atoms with Gasteiger partial charge in [-0.25, -0.2) is 4.98 Å². The zero-order chi connectivity index (χ0) is 15.3. The second-order valence-electron chi connectivity index (χ2n) is 4.62. The largest absolute Gasteiger partial charge is 0.396 e. The summed E-state index contributed by atoms with van der Waals surface area (Å²) in [6, 6.07) is 0.879. The molecule has 7 nitrogen and oxygen atoms in total. The topological polar surface area (TPSA) is 105 Å². The van der Waals surface area contributed by atoms with Crippen LogP contribution >= 0.6 is 11.6 Å². The number of hydrogen-bond acceptors (Lipinski definition) is 5. The van der Waals surface area contributed by atoms with Crippen LogP contribution in [-0.4, -0.2) is 33.6 Å². The minimum atomic E-state index is -0.686. The molecule has 0 radical (unpaired) electrons. The maximum atomic E-state index is 12.1. The van der Waals surface area contributed by atoms with Gasteiger partial charge in [-0.05, 0) is 18.4 Å². The molecule has 0 aromatic carbocycles. The number of carbonyl (C=O) groups is 1. The summed E-state index contributed by atoms with van der Waals surface area (Å²) in [6.45, 7) is 3.69. The molecule has 0 spiro atoms. The van der Waals surface area contributed by atoms with E-state index in [1.807, 2.05) is 13.8 Å². The number of aliphatic hydroxyl groups is 1. The molecule has 8 heteroatoms. The maximum Gasteiger partial charge on any atom is 0.300 e. The number of halogens is 1. The van der Waals surface area contributed by atoms with E-state index < -0.39 is 16.5 Å². The number of rotatable bonds is 6. The molecule has 1 aromatic rings. The number of amides is 1. The number of aromatic nitrogens is 1. The molecule has 0 aliphatic rings. The van der Waals surface area contributed by atoms with Crippen LogP contribution in [0.1, 0.15) is 30.6 Å². The Morgan fingerprint density at radius 1 is 1.60 bits per heavy atom. The molecule has 1 amide bonds. The smallest absolute Gasteiger partial charge is 0.300 e. The highest BCUT2D eigenvalue weighted by molar-refractivity contribution is 6.29. The first-order chi connectivity index (χ1) is 9.36. The molecule has 0 saturated carbocycles. The summed E-state index contributed by atoms with van der Waals surface area (Å²) in [5.41, 5.74) is -0.544. The molecule has 0 aliphatic carbocycles. The van der Waals surface area contributed by atoms with Gasteiger partial charge in [0.25, 0.3) is 11.6 Å². The Balaban J connectivity index is 3.02. The lowest BCUT2D eigenvalue weighted by Crippen LogP contribution is -2.39. The number of nitro groups is 1. The molecular weight excluding hydrogens is 286 g/mol. The van der Waals surface area contributed by atoms with Gasteiger partial charge in [-0.1, -0.05) is 25.4 Å². The summed E-state index contributed by atoms with van der Waals surface area (Å²) < 4.78 is 0. The third kappa shape index (κ3) is 4.14. The van der Waals surface area contributed by atoms with Crippen LogP contribution in [0.5, 0.6) is 0 Å².